The van der Waals surface area contributed by atoms with E-state index in [1.165, 1.54) is 12.4 Å². The second-order valence-electron chi connectivity index (χ2n) is 5.66. The van der Waals surface area contributed by atoms with Crippen molar-refractivity contribution in [3.8, 4) is 0 Å². The van der Waals surface area contributed by atoms with E-state index in [0.717, 1.165) is 4.09 Å². The van der Waals surface area contributed by atoms with Crippen LogP contribution in [-0.2, 0) is 14.9 Å². The van der Waals surface area contributed by atoms with E-state index in [9.17, 15) is 8.42 Å². The van der Waals surface area contributed by atoms with E-state index in [1.54, 1.807) is 13.2 Å². The van der Waals surface area contributed by atoms with E-state index in [4.69, 9.17) is 4.74 Å². The standard InChI is InChI=1S/C15H24N6O3S/c1-4-6-15(18-16-2)20-10-7-14(13(11-20)12-24-3)19-25(22,23)21-9-5-8-17-21/h4-6,8-9,13-14,19H,2,7,10-12H2,1,3H3/b6-4-,18-15+/t13-,14-/m0/s1. The number of rotatable bonds is 7. The van der Waals surface area contributed by atoms with Crippen molar-refractivity contribution in [3.05, 3.63) is 30.6 Å². The first-order valence-electron chi connectivity index (χ1n) is 7.94. The van der Waals surface area contributed by atoms with Crippen LogP contribution in [0, 0.1) is 5.92 Å². The highest BCUT2D eigenvalue weighted by atomic mass is 32.2. The van der Waals surface area contributed by atoms with Gasteiger partial charge in [0.05, 0.1) is 12.8 Å². The molecule has 1 aromatic heterocycles. The molecule has 0 aromatic carbocycles. The fraction of sp³-hybridized carbons (Fsp3) is 0.533. The Kier molecular flexibility index (Phi) is 6.85. The summed E-state index contributed by atoms with van der Waals surface area (Å²) in [6.07, 6.45) is 7.17. The van der Waals surface area contributed by atoms with Crippen molar-refractivity contribution in [3.63, 3.8) is 0 Å². The highest BCUT2D eigenvalue weighted by Gasteiger charge is 2.33. The fourth-order valence-corrected chi connectivity index (χ4v) is 4.05. The van der Waals surface area contributed by atoms with Crippen LogP contribution in [0.25, 0.3) is 0 Å². The number of allylic oxidation sites excluding steroid dienone is 1. The summed E-state index contributed by atoms with van der Waals surface area (Å²) in [5.74, 6) is 0.663. The highest BCUT2D eigenvalue weighted by molar-refractivity contribution is 7.87. The lowest BCUT2D eigenvalue weighted by Gasteiger charge is -2.39. The molecule has 0 spiro atoms. The van der Waals surface area contributed by atoms with Gasteiger partial charge in [0.25, 0.3) is 0 Å². The molecule has 1 aromatic rings. The minimum absolute atomic E-state index is 0.0376. The molecule has 1 fully saturated rings. The second-order valence-corrected chi connectivity index (χ2v) is 7.22. The Morgan fingerprint density at radius 3 is 2.96 bits per heavy atom. The minimum atomic E-state index is -3.72. The molecule has 0 saturated carbocycles. The molecular formula is C15H24N6O3S. The average Bonchev–Trinajstić information content (AvgIpc) is 3.12. The predicted octanol–water partition coefficient (Wildman–Crippen LogP) is 0.493. The van der Waals surface area contributed by atoms with Crippen molar-refractivity contribution >= 4 is 22.8 Å². The molecule has 1 aliphatic rings. The zero-order valence-corrected chi connectivity index (χ0v) is 15.3. The number of piperidine rings is 1. The lowest BCUT2D eigenvalue weighted by atomic mass is 9.93. The van der Waals surface area contributed by atoms with Gasteiger partial charge in [-0.15, -0.1) is 5.10 Å². The molecule has 1 aliphatic heterocycles. The zero-order chi connectivity index (χ0) is 18.3. The van der Waals surface area contributed by atoms with Crippen molar-refractivity contribution < 1.29 is 13.2 Å². The molecule has 0 bridgehead atoms. The lowest BCUT2D eigenvalue weighted by Crippen LogP contribution is -2.54. The van der Waals surface area contributed by atoms with Gasteiger partial charge in [-0.2, -0.15) is 27.4 Å². The summed E-state index contributed by atoms with van der Waals surface area (Å²) in [6.45, 7) is 6.96. The molecule has 10 heteroatoms. The first kappa shape index (κ1) is 19.3. The summed E-state index contributed by atoms with van der Waals surface area (Å²) in [6, 6.07) is 1.31. The third-order valence-corrected chi connectivity index (χ3v) is 5.26. The molecule has 138 valence electrons. The Balaban J connectivity index is 2.14. The van der Waals surface area contributed by atoms with Crippen molar-refractivity contribution in [1.29, 1.82) is 0 Å². The van der Waals surface area contributed by atoms with Gasteiger partial charge < -0.3 is 9.64 Å². The summed E-state index contributed by atoms with van der Waals surface area (Å²) in [5, 5.41) is 11.4. The summed E-state index contributed by atoms with van der Waals surface area (Å²) in [4.78, 5) is 2.05. The largest absolute Gasteiger partial charge is 0.384 e. The lowest BCUT2D eigenvalue weighted by molar-refractivity contribution is 0.0975. The number of nitrogens with one attached hydrogen (secondary N) is 1. The van der Waals surface area contributed by atoms with E-state index >= 15 is 0 Å². The van der Waals surface area contributed by atoms with E-state index in [0.29, 0.717) is 32.0 Å². The number of hydrogen-bond donors (Lipinski definition) is 1. The van der Waals surface area contributed by atoms with Crippen molar-refractivity contribution in [2.75, 3.05) is 26.8 Å². The number of likely N-dealkylation sites (tertiary alicyclic amines) is 1. The quantitative estimate of drug-likeness (QED) is 0.429. The number of ether oxygens (including phenoxy) is 1. The number of amidine groups is 1. The molecule has 1 saturated heterocycles. The molecule has 2 atom stereocenters. The zero-order valence-electron chi connectivity index (χ0n) is 14.4. The molecule has 2 rings (SSSR count). The van der Waals surface area contributed by atoms with Crippen molar-refractivity contribution in [2.24, 2.45) is 16.1 Å². The molecule has 0 aliphatic carbocycles. The summed E-state index contributed by atoms with van der Waals surface area (Å²) in [7, 11) is -2.12. The molecular weight excluding hydrogens is 344 g/mol. The number of nitrogens with zero attached hydrogens (tertiary/aromatic N) is 5. The maximum absolute atomic E-state index is 12.4. The molecule has 0 radical (unpaired) electrons. The van der Waals surface area contributed by atoms with E-state index in [2.05, 4.69) is 31.6 Å². The predicted molar refractivity (Wildman–Crippen MR) is 96.8 cm³/mol. The van der Waals surface area contributed by atoms with Gasteiger partial charge in [0, 0.05) is 45.1 Å². The maximum atomic E-state index is 12.4. The van der Waals surface area contributed by atoms with Crippen molar-refractivity contribution in [1.82, 2.24) is 18.8 Å². The summed E-state index contributed by atoms with van der Waals surface area (Å²) < 4.78 is 33.8. The van der Waals surface area contributed by atoms with E-state index in [-0.39, 0.29) is 12.0 Å². The Morgan fingerprint density at radius 2 is 2.36 bits per heavy atom. The molecule has 1 N–H and O–H groups in total. The number of aromatic nitrogens is 2. The van der Waals surface area contributed by atoms with Gasteiger partial charge in [-0.3, -0.25) is 0 Å². The smallest absolute Gasteiger partial charge is 0.320 e. The number of methoxy groups -OCH3 is 1. The first-order chi connectivity index (χ1) is 12.0. The summed E-state index contributed by atoms with van der Waals surface area (Å²) >= 11 is 0. The van der Waals surface area contributed by atoms with Crippen LogP contribution in [-0.4, -0.2) is 67.9 Å². The van der Waals surface area contributed by atoms with Crippen LogP contribution in [0.1, 0.15) is 13.3 Å². The van der Waals surface area contributed by atoms with Crippen LogP contribution < -0.4 is 4.72 Å². The van der Waals surface area contributed by atoms with Gasteiger partial charge in [-0.1, -0.05) is 6.08 Å². The normalized spacial score (nSPS) is 22.5. The minimum Gasteiger partial charge on any atom is -0.384 e. The molecule has 0 amide bonds. The second kappa shape index (κ2) is 8.88. The molecule has 2 heterocycles. The van der Waals surface area contributed by atoms with Crippen LogP contribution in [0.4, 0.5) is 0 Å². The van der Waals surface area contributed by atoms with Crippen LogP contribution in [0.5, 0.6) is 0 Å². The van der Waals surface area contributed by atoms with Gasteiger partial charge >= 0.3 is 10.2 Å². The average molecular weight is 368 g/mol. The maximum Gasteiger partial charge on any atom is 0.320 e. The van der Waals surface area contributed by atoms with Gasteiger partial charge in [0.1, 0.15) is 0 Å². The Labute approximate surface area is 148 Å². The molecule has 25 heavy (non-hydrogen) atoms. The van der Waals surface area contributed by atoms with Gasteiger partial charge in [0.15, 0.2) is 5.84 Å². The Morgan fingerprint density at radius 1 is 1.56 bits per heavy atom. The first-order valence-corrected chi connectivity index (χ1v) is 9.38. The monoisotopic (exact) mass is 368 g/mol. The van der Waals surface area contributed by atoms with Crippen LogP contribution in [0.3, 0.4) is 0 Å². The number of hydrogen-bond acceptors (Lipinski definition) is 6. The van der Waals surface area contributed by atoms with Gasteiger partial charge in [-0.05, 0) is 25.5 Å². The van der Waals surface area contributed by atoms with Gasteiger partial charge in [0.2, 0.25) is 0 Å². The van der Waals surface area contributed by atoms with Gasteiger partial charge in [-0.25, -0.2) is 0 Å². The van der Waals surface area contributed by atoms with Crippen LogP contribution in [0.15, 0.2) is 40.8 Å². The highest BCUT2D eigenvalue weighted by Crippen LogP contribution is 2.20. The van der Waals surface area contributed by atoms with E-state index in [1.807, 2.05) is 19.1 Å². The Bertz CT molecular complexity index is 714. The Hall–Kier alpha value is -2.04. The third-order valence-electron chi connectivity index (χ3n) is 3.95. The summed E-state index contributed by atoms with van der Waals surface area (Å²) in [5.41, 5.74) is 0. The topological polar surface area (TPSA) is 101 Å². The molecule has 0 unspecified atom stereocenters. The van der Waals surface area contributed by atoms with E-state index < -0.39 is 10.2 Å². The van der Waals surface area contributed by atoms with Crippen molar-refractivity contribution in [2.45, 2.75) is 19.4 Å². The fourth-order valence-electron chi connectivity index (χ4n) is 2.84. The van der Waals surface area contributed by atoms with Crippen LogP contribution >= 0.6 is 0 Å². The molecule has 9 nitrogen and oxygen atoms in total. The van der Waals surface area contributed by atoms with Crippen LogP contribution in [0.2, 0.25) is 0 Å². The third kappa shape index (κ3) is 4.97. The SMILES string of the molecule is C=N/N=C(\C=C/C)N1CC[C@H](NS(=O)(=O)n2cccn2)[C@H](COC)C1.